The molecule has 2 heterocycles. The monoisotopic (exact) mass is 565 g/mol. The molecule has 0 unspecified atom stereocenters. The summed E-state index contributed by atoms with van der Waals surface area (Å²) in [6.07, 6.45) is 1.80. The van der Waals surface area contributed by atoms with E-state index < -0.39 is 41.2 Å². The molecule has 3 amide bonds. The summed E-state index contributed by atoms with van der Waals surface area (Å²) in [7, 11) is 0. The maximum Gasteiger partial charge on any atom is 0.303 e. The number of carbonyl (C=O) groups is 5. The van der Waals surface area contributed by atoms with Crippen molar-refractivity contribution in [2.24, 2.45) is 11.8 Å². The molecular formula is C27H43N5O8. The van der Waals surface area contributed by atoms with Crippen LogP contribution in [-0.2, 0) is 24.6 Å². The zero-order valence-corrected chi connectivity index (χ0v) is 24.2. The minimum absolute atomic E-state index is 0.0292. The van der Waals surface area contributed by atoms with Crippen molar-refractivity contribution in [3.63, 3.8) is 0 Å². The zero-order chi connectivity index (χ0) is 30.2. The Balaban J connectivity index is 2.10. The normalized spacial score (nSPS) is 17.1. The third-order valence-corrected chi connectivity index (χ3v) is 6.99. The van der Waals surface area contributed by atoms with Gasteiger partial charge in [-0.2, -0.15) is 0 Å². The molecule has 0 spiro atoms. The average Bonchev–Trinajstić information content (AvgIpc) is 3.58. The van der Waals surface area contributed by atoms with Crippen molar-refractivity contribution in [3.8, 4) is 0 Å². The van der Waals surface area contributed by atoms with E-state index in [0.717, 1.165) is 0 Å². The molecule has 0 radical (unpaired) electrons. The molecule has 0 bridgehead atoms. The van der Waals surface area contributed by atoms with Gasteiger partial charge in [-0.1, -0.05) is 27.7 Å². The van der Waals surface area contributed by atoms with Gasteiger partial charge in [-0.25, -0.2) is 0 Å². The summed E-state index contributed by atoms with van der Waals surface area (Å²) in [5.41, 5.74) is -0.840. The van der Waals surface area contributed by atoms with Crippen molar-refractivity contribution in [1.82, 2.24) is 25.7 Å². The predicted octanol–water partition coefficient (Wildman–Crippen LogP) is 1.44. The lowest BCUT2D eigenvalue weighted by Crippen LogP contribution is -2.57. The Morgan fingerprint density at radius 2 is 1.62 bits per heavy atom. The summed E-state index contributed by atoms with van der Waals surface area (Å²) in [6.45, 7) is 10.6. The van der Waals surface area contributed by atoms with Crippen LogP contribution in [0.3, 0.4) is 0 Å². The first-order chi connectivity index (χ1) is 18.7. The van der Waals surface area contributed by atoms with Gasteiger partial charge in [0, 0.05) is 19.4 Å². The van der Waals surface area contributed by atoms with Gasteiger partial charge in [0.1, 0.15) is 12.1 Å². The second-order valence-corrected chi connectivity index (χ2v) is 11.6. The number of aliphatic carboxylic acids is 1. The van der Waals surface area contributed by atoms with Gasteiger partial charge in [0.05, 0.1) is 18.1 Å². The lowest BCUT2D eigenvalue weighted by atomic mass is 9.95. The van der Waals surface area contributed by atoms with Crippen LogP contribution in [0.25, 0.3) is 0 Å². The highest BCUT2D eigenvalue weighted by Gasteiger charge is 2.41. The Bertz CT molecular complexity index is 1070. The number of carboxylic acid groups (broad SMARTS) is 1. The number of carbonyl (C=O) groups excluding carboxylic acids is 4. The predicted molar refractivity (Wildman–Crippen MR) is 143 cm³/mol. The Hall–Kier alpha value is -3.35. The van der Waals surface area contributed by atoms with Crippen molar-refractivity contribution < 1.29 is 38.6 Å². The van der Waals surface area contributed by atoms with Gasteiger partial charge in [0.25, 0.3) is 5.89 Å². The van der Waals surface area contributed by atoms with E-state index in [1.54, 1.807) is 41.5 Å². The fourth-order valence-corrected chi connectivity index (χ4v) is 4.38. The number of unbranched alkanes of at least 4 members (excludes halogenated alkanes) is 1. The fourth-order valence-electron chi connectivity index (χ4n) is 4.38. The largest absolute Gasteiger partial charge is 0.481 e. The van der Waals surface area contributed by atoms with Gasteiger partial charge in [-0.15, -0.1) is 10.2 Å². The first kappa shape index (κ1) is 32.9. The van der Waals surface area contributed by atoms with Crippen molar-refractivity contribution in [2.45, 2.75) is 104 Å². The Kier molecular flexibility index (Phi) is 11.8. The van der Waals surface area contributed by atoms with Crippen LogP contribution < -0.4 is 10.6 Å². The number of ketones is 1. The van der Waals surface area contributed by atoms with E-state index in [2.05, 4.69) is 20.8 Å². The van der Waals surface area contributed by atoms with Crippen LogP contribution in [0, 0.1) is 11.8 Å². The molecule has 2 rings (SSSR count). The molecule has 0 saturated carbocycles. The van der Waals surface area contributed by atoms with E-state index in [1.807, 2.05) is 0 Å². The topological polar surface area (TPSA) is 192 Å². The minimum Gasteiger partial charge on any atom is -0.481 e. The Morgan fingerprint density at radius 3 is 2.20 bits per heavy atom. The molecule has 224 valence electrons. The van der Waals surface area contributed by atoms with E-state index in [4.69, 9.17) is 9.52 Å². The third-order valence-electron chi connectivity index (χ3n) is 6.99. The quantitative estimate of drug-likeness (QED) is 0.179. The molecule has 13 nitrogen and oxygen atoms in total. The number of aliphatic hydroxyl groups is 1. The first-order valence-corrected chi connectivity index (χ1v) is 13.8. The summed E-state index contributed by atoms with van der Waals surface area (Å²) >= 11 is 0. The standard InChI is InChI=1S/C27H43N5O8/c1-15(2)20(22(37)24-30-31-26(40-24)27(5,6)14-33)29-23(38)17-10-9-13-32(17)25(39)21(16(3)4)28-18(34)11-7-8-12-19(35)36/h15-17,20-21,33H,7-14H2,1-6H3,(H,28,34)(H,29,38)(H,35,36)/t17-,20-,21-/m0/s1. The molecule has 0 aromatic carbocycles. The molecule has 40 heavy (non-hydrogen) atoms. The second-order valence-electron chi connectivity index (χ2n) is 11.6. The highest BCUT2D eigenvalue weighted by atomic mass is 16.4. The fraction of sp³-hybridized carbons (Fsp3) is 0.741. The van der Waals surface area contributed by atoms with Gasteiger partial charge in [-0.05, 0) is 51.4 Å². The van der Waals surface area contributed by atoms with Crippen LogP contribution in [0.15, 0.2) is 4.42 Å². The van der Waals surface area contributed by atoms with Crippen molar-refractivity contribution in [3.05, 3.63) is 11.8 Å². The van der Waals surface area contributed by atoms with Gasteiger partial charge < -0.3 is 30.2 Å². The van der Waals surface area contributed by atoms with E-state index >= 15 is 0 Å². The molecule has 0 aliphatic carbocycles. The number of nitrogens with one attached hydrogen (secondary N) is 2. The van der Waals surface area contributed by atoms with Gasteiger partial charge in [0.2, 0.25) is 29.4 Å². The number of Topliss-reactive ketones (excluding diaryl/α,β-unsaturated/α-hetero) is 1. The molecule has 1 saturated heterocycles. The van der Waals surface area contributed by atoms with Crippen LogP contribution in [0.2, 0.25) is 0 Å². The Morgan fingerprint density at radius 1 is 1.00 bits per heavy atom. The first-order valence-electron chi connectivity index (χ1n) is 13.8. The summed E-state index contributed by atoms with van der Waals surface area (Å²) in [5.74, 6) is -3.48. The van der Waals surface area contributed by atoms with Gasteiger partial charge >= 0.3 is 5.97 Å². The summed E-state index contributed by atoms with van der Waals surface area (Å²) in [5, 5.41) is 31.5. The summed E-state index contributed by atoms with van der Waals surface area (Å²) < 4.78 is 5.52. The molecule has 1 aliphatic heterocycles. The Labute approximate surface area is 234 Å². The van der Waals surface area contributed by atoms with Crippen LogP contribution in [0.4, 0.5) is 0 Å². The molecule has 4 N–H and O–H groups in total. The number of hydrogen-bond donors (Lipinski definition) is 4. The van der Waals surface area contributed by atoms with Gasteiger partial charge in [-0.3, -0.25) is 24.0 Å². The van der Waals surface area contributed by atoms with E-state index in [1.165, 1.54) is 4.90 Å². The maximum atomic E-state index is 13.5. The maximum absolute atomic E-state index is 13.5. The second kappa shape index (κ2) is 14.3. The lowest BCUT2D eigenvalue weighted by Gasteiger charge is -2.31. The van der Waals surface area contributed by atoms with Crippen LogP contribution in [-0.4, -0.2) is 86.1 Å². The summed E-state index contributed by atoms with van der Waals surface area (Å²) in [4.78, 5) is 64.7. The third kappa shape index (κ3) is 8.57. The van der Waals surface area contributed by atoms with E-state index in [-0.39, 0.29) is 54.9 Å². The van der Waals surface area contributed by atoms with Crippen LogP contribution in [0.1, 0.15) is 96.6 Å². The number of carboxylic acids is 1. The number of aromatic nitrogens is 2. The SMILES string of the molecule is CC(C)[C@H](NC(=O)[C@@H]1CCCN1C(=O)[C@@H](NC(=O)CCCCC(=O)O)C(C)C)C(=O)c1nnc(C(C)(C)CO)o1. The molecule has 13 heteroatoms. The number of aliphatic hydroxyl groups excluding tert-OH is 1. The van der Waals surface area contributed by atoms with Crippen LogP contribution >= 0.6 is 0 Å². The molecule has 1 aliphatic rings. The van der Waals surface area contributed by atoms with Crippen molar-refractivity contribution >= 4 is 29.5 Å². The molecule has 1 aromatic heterocycles. The number of hydrogen-bond acceptors (Lipinski definition) is 9. The van der Waals surface area contributed by atoms with E-state index in [9.17, 15) is 29.1 Å². The highest BCUT2D eigenvalue weighted by Crippen LogP contribution is 2.23. The zero-order valence-electron chi connectivity index (χ0n) is 24.2. The molecule has 3 atom stereocenters. The average molecular weight is 566 g/mol. The van der Waals surface area contributed by atoms with E-state index in [0.29, 0.717) is 32.2 Å². The molecular weight excluding hydrogens is 522 g/mol. The van der Waals surface area contributed by atoms with Gasteiger partial charge in [0.15, 0.2) is 0 Å². The number of likely N-dealkylation sites (tertiary alicyclic amines) is 1. The number of rotatable bonds is 15. The highest BCUT2D eigenvalue weighted by molar-refractivity contribution is 6.00. The molecule has 1 aromatic rings. The van der Waals surface area contributed by atoms with Crippen molar-refractivity contribution in [2.75, 3.05) is 13.2 Å². The van der Waals surface area contributed by atoms with Crippen LogP contribution in [0.5, 0.6) is 0 Å². The molecule has 1 fully saturated rings. The number of nitrogens with zero attached hydrogens (tertiary/aromatic N) is 3. The summed E-state index contributed by atoms with van der Waals surface area (Å²) in [6, 6.07) is -2.65. The van der Waals surface area contributed by atoms with Crippen molar-refractivity contribution in [1.29, 1.82) is 0 Å². The minimum atomic E-state index is -0.984. The number of amides is 3. The lowest BCUT2D eigenvalue weighted by molar-refractivity contribution is -0.142. The smallest absolute Gasteiger partial charge is 0.303 e.